The number of anilines is 1. The second kappa shape index (κ2) is 6.06. The summed E-state index contributed by atoms with van der Waals surface area (Å²) in [6.45, 7) is 2.60. The second-order valence-electron chi connectivity index (χ2n) is 6.33. The smallest absolute Gasteiger partial charge is 0.264 e. The highest BCUT2D eigenvalue weighted by atomic mass is 16.5. The van der Waals surface area contributed by atoms with E-state index >= 15 is 0 Å². The van der Waals surface area contributed by atoms with Gasteiger partial charge in [-0.05, 0) is 69.4 Å². The zero-order chi connectivity index (χ0) is 14.8. The van der Waals surface area contributed by atoms with E-state index in [2.05, 4.69) is 24.1 Å². The lowest BCUT2D eigenvalue weighted by atomic mass is 9.90. The quantitative estimate of drug-likeness (QED) is 0.855. The number of amides is 1. The molecular weight excluding hydrogens is 264 g/mol. The highest BCUT2D eigenvalue weighted by Crippen LogP contribution is 2.33. The van der Waals surface area contributed by atoms with Crippen LogP contribution < -0.4 is 9.64 Å². The van der Waals surface area contributed by atoms with Crippen molar-refractivity contribution in [1.82, 2.24) is 4.90 Å². The lowest BCUT2D eigenvalue weighted by Gasteiger charge is -2.29. The van der Waals surface area contributed by atoms with Crippen molar-refractivity contribution in [2.45, 2.75) is 25.7 Å². The molecule has 1 saturated heterocycles. The molecule has 0 bridgehead atoms. The minimum atomic E-state index is 0.0231. The number of hydrogen-bond acceptors (Lipinski definition) is 3. The average Bonchev–Trinajstić information content (AvgIpc) is 2.51. The molecule has 0 radical (unpaired) electrons. The summed E-state index contributed by atoms with van der Waals surface area (Å²) < 4.78 is 5.47. The van der Waals surface area contributed by atoms with E-state index in [4.69, 9.17) is 4.74 Å². The van der Waals surface area contributed by atoms with Crippen LogP contribution in [0, 0.1) is 5.92 Å². The van der Waals surface area contributed by atoms with Crippen molar-refractivity contribution < 1.29 is 9.53 Å². The molecule has 0 spiro atoms. The summed E-state index contributed by atoms with van der Waals surface area (Å²) in [6.07, 6.45) is 4.95. The number of piperidine rings is 1. The van der Waals surface area contributed by atoms with Gasteiger partial charge in [-0.3, -0.25) is 4.79 Å². The van der Waals surface area contributed by atoms with Crippen LogP contribution >= 0.6 is 0 Å². The molecule has 21 heavy (non-hydrogen) atoms. The summed E-state index contributed by atoms with van der Waals surface area (Å²) in [5, 5.41) is 0. The Morgan fingerprint density at radius 3 is 2.76 bits per heavy atom. The number of likely N-dealkylation sites (tertiary alicyclic amines) is 1. The predicted molar refractivity (Wildman–Crippen MR) is 83.9 cm³/mol. The van der Waals surface area contributed by atoms with Crippen LogP contribution in [-0.2, 0) is 11.2 Å². The molecule has 4 nitrogen and oxygen atoms in total. The van der Waals surface area contributed by atoms with Crippen molar-refractivity contribution in [2.75, 3.05) is 38.7 Å². The maximum atomic E-state index is 11.7. The first-order valence-corrected chi connectivity index (χ1v) is 7.84. The topological polar surface area (TPSA) is 32.8 Å². The van der Waals surface area contributed by atoms with Crippen LogP contribution in [0.1, 0.15) is 24.8 Å². The SMILES string of the molecule is CN1CCC(CCc2ccc3c(c2)N(C)C(=O)CO3)CC1. The number of nitrogens with zero attached hydrogens (tertiary/aromatic N) is 2. The number of aryl methyl sites for hydroxylation is 1. The molecule has 3 rings (SSSR count). The summed E-state index contributed by atoms with van der Waals surface area (Å²) in [6, 6.07) is 6.25. The van der Waals surface area contributed by atoms with Gasteiger partial charge in [0.05, 0.1) is 5.69 Å². The van der Waals surface area contributed by atoms with E-state index in [1.165, 1.54) is 37.9 Å². The van der Waals surface area contributed by atoms with Crippen molar-refractivity contribution in [1.29, 1.82) is 0 Å². The third-order valence-electron chi connectivity index (χ3n) is 4.79. The lowest BCUT2D eigenvalue weighted by molar-refractivity contribution is -0.120. The highest BCUT2D eigenvalue weighted by Gasteiger charge is 2.22. The second-order valence-corrected chi connectivity index (χ2v) is 6.33. The van der Waals surface area contributed by atoms with Gasteiger partial charge in [-0.15, -0.1) is 0 Å². The number of carbonyl (C=O) groups excluding carboxylic acids is 1. The van der Waals surface area contributed by atoms with Gasteiger partial charge in [-0.2, -0.15) is 0 Å². The molecule has 1 aromatic carbocycles. The summed E-state index contributed by atoms with van der Waals surface area (Å²) in [5.74, 6) is 1.68. The van der Waals surface area contributed by atoms with Gasteiger partial charge in [-0.25, -0.2) is 0 Å². The number of fused-ring (bicyclic) bond motifs is 1. The third-order valence-corrected chi connectivity index (χ3v) is 4.79. The Morgan fingerprint density at radius 1 is 1.24 bits per heavy atom. The molecule has 1 aromatic rings. The van der Waals surface area contributed by atoms with Crippen molar-refractivity contribution in [3.8, 4) is 5.75 Å². The maximum absolute atomic E-state index is 11.7. The number of ether oxygens (including phenoxy) is 1. The fourth-order valence-corrected chi connectivity index (χ4v) is 3.19. The standard InChI is InChI=1S/C17H24N2O2/c1-18-9-7-13(8-10-18)3-4-14-5-6-16-15(11-14)19(2)17(20)12-21-16/h5-6,11,13H,3-4,7-10,12H2,1-2H3. The fraction of sp³-hybridized carbons (Fsp3) is 0.588. The van der Waals surface area contributed by atoms with E-state index < -0.39 is 0 Å². The number of hydrogen-bond donors (Lipinski definition) is 0. The minimum absolute atomic E-state index is 0.0231. The van der Waals surface area contributed by atoms with Gasteiger partial charge < -0.3 is 14.5 Å². The molecule has 2 aliphatic rings. The lowest BCUT2D eigenvalue weighted by Crippen LogP contribution is -2.35. The number of benzene rings is 1. The molecule has 114 valence electrons. The van der Waals surface area contributed by atoms with E-state index in [1.807, 2.05) is 13.1 Å². The van der Waals surface area contributed by atoms with Crippen LogP contribution in [0.5, 0.6) is 5.75 Å². The fourth-order valence-electron chi connectivity index (χ4n) is 3.19. The van der Waals surface area contributed by atoms with Gasteiger partial charge in [0.25, 0.3) is 5.91 Å². The van der Waals surface area contributed by atoms with Gasteiger partial charge in [0.15, 0.2) is 6.61 Å². The molecule has 0 atom stereocenters. The Kier molecular flexibility index (Phi) is 4.15. The maximum Gasteiger partial charge on any atom is 0.264 e. The first-order valence-electron chi connectivity index (χ1n) is 7.84. The van der Waals surface area contributed by atoms with Crippen molar-refractivity contribution >= 4 is 11.6 Å². The van der Waals surface area contributed by atoms with Crippen LogP contribution in [0.25, 0.3) is 0 Å². The van der Waals surface area contributed by atoms with Crippen molar-refractivity contribution in [3.05, 3.63) is 23.8 Å². The monoisotopic (exact) mass is 288 g/mol. The van der Waals surface area contributed by atoms with Gasteiger partial charge in [0.1, 0.15) is 5.75 Å². The molecule has 0 unspecified atom stereocenters. The number of rotatable bonds is 3. The molecule has 0 saturated carbocycles. The van der Waals surface area contributed by atoms with E-state index in [-0.39, 0.29) is 12.5 Å². The van der Waals surface area contributed by atoms with Crippen LogP contribution in [0.3, 0.4) is 0 Å². The molecule has 2 aliphatic heterocycles. The average molecular weight is 288 g/mol. The summed E-state index contributed by atoms with van der Waals surface area (Å²) >= 11 is 0. The normalized spacial score (nSPS) is 20.3. The van der Waals surface area contributed by atoms with Crippen molar-refractivity contribution in [2.24, 2.45) is 5.92 Å². The van der Waals surface area contributed by atoms with Gasteiger partial charge >= 0.3 is 0 Å². The Morgan fingerprint density at radius 2 is 2.00 bits per heavy atom. The Balaban J connectivity index is 1.63. The first kappa shape index (κ1) is 14.4. The van der Waals surface area contributed by atoms with E-state index in [0.717, 1.165) is 23.8 Å². The highest BCUT2D eigenvalue weighted by molar-refractivity contribution is 5.97. The molecule has 2 heterocycles. The molecule has 0 aromatic heterocycles. The molecule has 1 amide bonds. The first-order chi connectivity index (χ1) is 10.1. The minimum Gasteiger partial charge on any atom is -0.482 e. The van der Waals surface area contributed by atoms with Gasteiger partial charge in [0, 0.05) is 7.05 Å². The molecule has 0 N–H and O–H groups in total. The zero-order valence-electron chi connectivity index (χ0n) is 13.0. The predicted octanol–water partition coefficient (Wildman–Crippen LogP) is 2.32. The Bertz CT molecular complexity index is 522. The Hall–Kier alpha value is -1.55. The summed E-state index contributed by atoms with van der Waals surface area (Å²) in [7, 11) is 4.02. The van der Waals surface area contributed by atoms with Crippen LogP contribution in [-0.4, -0.2) is 44.6 Å². The zero-order valence-corrected chi connectivity index (χ0v) is 13.0. The van der Waals surface area contributed by atoms with E-state index in [9.17, 15) is 4.79 Å². The van der Waals surface area contributed by atoms with Crippen LogP contribution in [0.15, 0.2) is 18.2 Å². The van der Waals surface area contributed by atoms with E-state index in [1.54, 1.807) is 4.90 Å². The summed E-state index contributed by atoms with van der Waals surface area (Å²) in [4.78, 5) is 15.8. The van der Waals surface area contributed by atoms with Gasteiger partial charge in [0.2, 0.25) is 0 Å². The van der Waals surface area contributed by atoms with Gasteiger partial charge in [-0.1, -0.05) is 6.07 Å². The Labute approximate surface area is 126 Å². The number of likely N-dealkylation sites (N-methyl/N-ethyl adjacent to an activating group) is 1. The molecular formula is C17H24N2O2. The van der Waals surface area contributed by atoms with Crippen LogP contribution in [0.4, 0.5) is 5.69 Å². The molecule has 1 fully saturated rings. The number of carbonyl (C=O) groups is 1. The van der Waals surface area contributed by atoms with Crippen molar-refractivity contribution in [3.63, 3.8) is 0 Å². The third kappa shape index (κ3) is 3.21. The van der Waals surface area contributed by atoms with E-state index in [0.29, 0.717) is 0 Å². The molecule has 0 aliphatic carbocycles. The largest absolute Gasteiger partial charge is 0.482 e. The molecule has 4 heteroatoms. The summed E-state index contributed by atoms with van der Waals surface area (Å²) in [5.41, 5.74) is 2.21. The van der Waals surface area contributed by atoms with Crippen LogP contribution in [0.2, 0.25) is 0 Å².